The van der Waals surface area contributed by atoms with Gasteiger partial charge in [-0.3, -0.25) is 4.79 Å². The highest BCUT2D eigenvalue weighted by atomic mass is 16.5. The van der Waals surface area contributed by atoms with Crippen LogP contribution in [-0.4, -0.2) is 28.1 Å². The van der Waals surface area contributed by atoms with E-state index in [4.69, 9.17) is 4.74 Å². The summed E-state index contributed by atoms with van der Waals surface area (Å²) in [6.45, 7) is 0. The quantitative estimate of drug-likeness (QED) is 0.717. The van der Waals surface area contributed by atoms with Crippen LogP contribution in [0, 0.1) is 0 Å². The number of nitrogens with zero attached hydrogens (tertiary/aromatic N) is 3. The molecule has 2 rings (SSSR count). The Hall–Kier alpha value is -2.30. The second kappa shape index (κ2) is 4.48. The zero-order valence-corrected chi connectivity index (χ0v) is 8.62. The molecule has 0 saturated heterocycles. The van der Waals surface area contributed by atoms with E-state index < -0.39 is 0 Å². The average molecular weight is 215 g/mol. The van der Waals surface area contributed by atoms with Gasteiger partial charge in [0.15, 0.2) is 5.69 Å². The van der Waals surface area contributed by atoms with Gasteiger partial charge in [-0.05, 0) is 24.3 Å². The molecule has 5 heteroatoms. The predicted octanol–water partition coefficient (Wildman–Crippen LogP) is 1.11. The highest BCUT2D eigenvalue weighted by molar-refractivity contribution is 6.07. The molecular formula is C11H9N3O2. The van der Waals surface area contributed by atoms with Crippen molar-refractivity contribution < 1.29 is 9.53 Å². The molecule has 0 aliphatic rings. The normalized spacial score (nSPS) is 9.81. The zero-order valence-electron chi connectivity index (χ0n) is 8.62. The fraction of sp³-hybridized carbons (Fsp3) is 0.0909. The Bertz CT molecular complexity index is 500. The molecule has 0 unspecified atom stereocenters. The van der Waals surface area contributed by atoms with Crippen LogP contribution >= 0.6 is 0 Å². The summed E-state index contributed by atoms with van der Waals surface area (Å²) in [6.07, 6.45) is 3.04. The van der Waals surface area contributed by atoms with Crippen LogP contribution in [0.25, 0.3) is 0 Å². The molecular weight excluding hydrogens is 206 g/mol. The minimum Gasteiger partial charge on any atom is -0.494 e. The fourth-order valence-corrected chi connectivity index (χ4v) is 1.27. The van der Waals surface area contributed by atoms with Gasteiger partial charge in [-0.1, -0.05) is 0 Å². The number of methoxy groups -OCH3 is 1. The number of ketones is 1. The molecule has 0 bridgehead atoms. The van der Waals surface area contributed by atoms with Gasteiger partial charge >= 0.3 is 0 Å². The van der Waals surface area contributed by atoms with Crippen molar-refractivity contribution in [3.63, 3.8) is 0 Å². The number of hydrogen-bond donors (Lipinski definition) is 0. The van der Waals surface area contributed by atoms with Crippen molar-refractivity contribution in [2.24, 2.45) is 0 Å². The van der Waals surface area contributed by atoms with Crippen molar-refractivity contribution in [3.8, 4) is 5.75 Å². The van der Waals surface area contributed by atoms with Gasteiger partial charge in [-0.25, -0.2) is 4.98 Å². The zero-order chi connectivity index (χ0) is 11.4. The van der Waals surface area contributed by atoms with Crippen molar-refractivity contribution in [2.75, 3.05) is 7.11 Å². The minimum atomic E-state index is -0.300. The first-order valence-corrected chi connectivity index (χ1v) is 4.64. The van der Waals surface area contributed by atoms with E-state index in [1.165, 1.54) is 19.5 Å². The molecule has 0 N–H and O–H groups in total. The van der Waals surface area contributed by atoms with Crippen LogP contribution in [0.5, 0.6) is 5.75 Å². The lowest BCUT2D eigenvalue weighted by atomic mass is 10.2. The fourth-order valence-electron chi connectivity index (χ4n) is 1.27. The number of pyridine rings is 1. The lowest BCUT2D eigenvalue weighted by Crippen LogP contribution is -2.08. The summed E-state index contributed by atoms with van der Waals surface area (Å²) in [5, 5.41) is 7.38. The van der Waals surface area contributed by atoms with Crippen molar-refractivity contribution >= 4 is 5.78 Å². The number of hydrogen-bond acceptors (Lipinski definition) is 5. The molecule has 80 valence electrons. The van der Waals surface area contributed by atoms with Gasteiger partial charge in [0.25, 0.3) is 0 Å². The molecule has 0 radical (unpaired) electrons. The lowest BCUT2D eigenvalue weighted by Gasteiger charge is -2.04. The highest BCUT2D eigenvalue weighted by Gasteiger charge is 2.16. The van der Waals surface area contributed by atoms with Crippen molar-refractivity contribution in [1.29, 1.82) is 0 Å². The molecule has 0 aromatic carbocycles. The Labute approximate surface area is 92.1 Å². The van der Waals surface area contributed by atoms with Crippen LogP contribution in [0.3, 0.4) is 0 Å². The van der Waals surface area contributed by atoms with E-state index in [9.17, 15) is 4.79 Å². The van der Waals surface area contributed by atoms with E-state index in [-0.39, 0.29) is 17.2 Å². The molecule has 5 nitrogen and oxygen atoms in total. The van der Waals surface area contributed by atoms with Gasteiger partial charge in [0.05, 0.1) is 7.11 Å². The van der Waals surface area contributed by atoms with Crippen molar-refractivity contribution in [1.82, 2.24) is 15.2 Å². The number of rotatable bonds is 3. The molecule has 0 spiro atoms. The van der Waals surface area contributed by atoms with Crippen molar-refractivity contribution in [2.45, 2.75) is 0 Å². The Balaban J connectivity index is 2.42. The summed E-state index contributed by atoms with van der Waals surface area (Å²) in [6, 6.07) is 6.61. The molecule has 16 heavy (non-hydrogen) atoms. The maximum atomic E-state index is 12.0. The monoisotopic (exact) mass is 215 g/mol. The van der Waals surface area contributed by atoms with Gasteiger partial charge in [-0.2, -0.15) is 5.10 Å². The minimum absolute atomic E-state index is 0.241. The lowest BCUT2D eigenvalue weighted by molar-refractivity contribution is 0.102. The number of carbonyl (C=O) groups excluding carboxylic acids is 1. The van der Waals surface area contributed by atoms with Gasteiger partial charge in [-0.15, -0.1) is 5.10 Å². The Kier molecular flexibility index (Phi) is 2.86. The molecule has 0 fully saturated rings. The van der Waals surface area contributed by atoms with Crippen LogP contribution in [0.4, 0.5) is 0 Å². The summed E-state index contributed by atoms with van der Waals surface area (Å²) in [5.41, 5.74) is 0.491. The molecule has 0 amide bonds. The SMILES string of the molecule is COc1cccnc1C(=O)c1cccnn1. The summed E-state index contributed by atoms with van der Waals surface area (Å²) >= 11 is 0. The Morgan fingerprint density at radius 1 is 1.25 bits per heavy atom. The molecule has 0 saturated carbocycles. The van der Waals surface area contributed by atoms with E-state index in [2.05, 4.69) is 15.2 Å². The molecule has 0 aliphatic carbocycles. The third-order valence-corrected chi connectivity index (χ3v) is 2.01. The van der Waals surface area contributed by atoms with E-state index in [0.717, 1.165) is 0 Å². The smallest absolute Gasteiger partial charge is 0.235 e. The third kappa shape index (κ3) is 1.88. The van der Waals surface area contributed by atoms with E-state index in [1.54, 1.807) is 24.3 Å². The predicted molar refractivity (Wildman–Crippen MR) is 56.3 cm³/mol. The largest absolute Gasteiger partial charge is 0.494 e. The number of carbonyl (C=O) groups is 1. The standard InChI is InChI=1S/C11H9N3O2/c1-16-9-5-3-6-12-10(9)11(15)8-4-2-7-13-14-8/h2-7H,1H3. The molecule has 0 atom stereocenters. The second-order valence-corrected chi connectivity index (χ2v) is 2.99. The highest BCUT2D eigenvalue weighted by Crippen LogP contribution is 2.17. The third-order valence-electron chi connectivity index (χ3n) is 2.01. The van der Waals surface area contributed by atoms with Gasteiger partial charge in [0, 0.05) is 12.4 Å². The first-order valence-electron chi connectivity index (χ1n) is 4.64. The Morgan fingerprint density at radius 3 is 2.75 bits per heavy atom. The second-order valence-electron chi connectivity index (χ2n) is 2.99. The topological polar surface area (TPSA) is 65.0 Å². The van der Waals surface area contributed by atoms with E-state index in [1.807, 2.05) is 0 Å². The molecule has 2 heterocycles. The summed E-state index contributed by atoms with van der Waals surface area (Å²) in [4.78, 5) is 16.0. The maximum absolute atomic E-state index is 12.0. The van der Waals surface area contributed by atoms with Crippen LogP contribution in [0.15, 0.2) is 36.7 Å². The van der Waals surface area contributed by atoms with Crippen LogP contribution in [-0.2, 0) is 0 Å². The first kappa shape index (κ1) is 10.2. The van der Waals surface area contributed by atoms with Crippen LogP contribution in [0.1, 0.15) is 16.2 Å². The summed E-state index contributed by atoms with van der Waals surface area (Å²) in [5.74, 6) is 0.128. The van der Waals surface area contributed by atoms with Crippen LogP contribution in [0.2, 0.25) is 0 Å². The number of ether oxygens (including phenoxy) is 1. The van der Waals surface area contributed by atoms with Gasteiger partial charge in [0.2, 0.25) is 5.78 Å². The number of aromatic nitrogens is 3. The van der Waals surface area contributed by atoms with Crippen molar-refractivity contribution in [3.05, 3.63) is 48.0 Å². The molecule has 2 aromatic rings. The van der Waals surface area contributed by atoms with E-state index in [0.29, 0.717) is 5.75 Å². The summed E-state index contributed by atoms with van der Waals surface area (Å²) < 4.78 is 5.06. The average Bonchev–Trinajstić information content (AvgIpc) is 2.39. The van der Waals surface area contributed by atoms with E-state index >= 15 is 0 Å². The van der Waals surface area contributed by atoms with Crippen LogP contribution < -0.4 is 4.74 Å². The summed E-state index contributed by atoms with van der Waals surface area (Å²) in [7, 11) is 1.49. The first-order chi connectivity index (χ1) is 7.83. The molecule has 2 aromatic heterocycles. The maximum Gasteiger partial charge on any atom is 0.235 e. The van der Waals surface area contributed by atoms with Gasteiger partial charge in [0.1, 0.15) is 11.4 Å². The Morgan fingerprint density at radius 2 is 2.06 bits per heavy atom. The molecule has 0 aliphatic heterocycles. The van der Waals surface area contributed by atoms with Gasteiger partial charge < -0.3 is 4.74 Å².